The van der Waals surface area contributed by atoms with Gasteiger partial charge in [0.1, 0.15) is 5.75 Å². The summed E-state index contributed by atoms with van der Waals surface area (Å²) in [7, 11) is -2.02. The Morgan fingerprint density at radius 3 is 2.63 bits per heavy atom. The summed E-state index contributed by atoms with van der Waals surface area (Å²) in [4.78, 5) is 11.8. The predicted molar refractivity (Wildman–Crippen MR) is 72.3 cm³/mol. The lowest BCUT2D eigenvalue weighted by molar-refractivity contribution is 0.0953. The normalized spacial score (nSPS) is 11.1. The molecule has 0 aliphatic heterocycles. The fourth-order valence-corrected chi connectivity index (χ4v) is 2.00. The van der Waals surface area contributed by atoms with Crippen molar-refractivity contribution in [2.45, 2.75) is 6.42 Å². The number of nitrogens with one attached hydrogen (secondary N) is 1. The van der Waals surface area contributed by atoms with Crippen molar-refractivity contribution in [3.05, 3.63) is 23.8 Å². The summed E-state index contributed by atoms with van der Waals surface area (Å²) in [5, 5.41) is 7.43. The Morgan fingerprint density at radius 2 is 2.05 bits per heavy atom. The van der Waals surface area contributed by atoms with Crippen molar-refractivity contribution in [1.29, 1.82) is 0 Å². The van der Waals surface area contributed by atoms with E-state index < -0.39 is 10.0 Å². The van der Waals surface area contributed by atoms with E-state index in [-0.39, 0.29) is 24.6 Å². The second kappa shape index (κ2) is 6.39. The number of hydrogen-bond acceptors (Lipinski definition) is 5. The van der Waals surface area contributed by atoms with Crippen LogP contribution in [0.4, 0.5) is 5.69 Å². The number of rotatable bonds is 6. The smallest absolute Gasteiger partial charge is 0.251 e. The molecule has 8 heteroatoms. The second-order valence-electron chi connectivity index (χ2n) is 3.97. The number of nitrogens with two attached hydrogens (primary N) is 2. The molecular formula is C11H17N3O4S. The number of amides is 1. The molecule has 1 rings (SSSR count). The minimum absolute atomic E-state index is 0.173. The number of anilines is 1. The Hall–Kier alpha value is -1.80. The molecule has 0 spiro atoms. The van der Waals surface area contributed by atoms with Gasteiger partial charge in [0, 0.05) is 23.9 Å². The summed E-state index contributed by atoms with van der Waals surface area (Å²) in [5.74, 6) is -0.0391. The first-order valence-corrected chi connectivity index (χ1v) is 7.26. The second-order valence-corrected chi connectivity index (χ2v) is 5.71. The molecule has 0 heterocycles. The monoisotopic (exact) mass is 287 g/mol. The quantitative estimate of drug-likeness (QED) is 0.489. The number of methoxy groups -OCH3 is 1. The van der Waals surface area contributed by atoms with E-state index >= 15 is 0 Å². The van der Waals surface area contributed by atoms with Crippen molar-refractivity contribution in [1.82, 2.24) is 5.32 Å². The first kappa shape index (κ1) is 15.3. The number of carbonyl (C=O) groups is 1. The summed E-state index contributed by atoms with van der Waals surface area (Å²) < 4.78 is 26.4. The molecule has 0 saturated carbocycles. The standard InChI is InChI=1S/C11H17N3O4S/c1-18-10-6-8(5-9(12)7-10)11(15)14-3-2-4-19(13,16)17/h5-7H,2-4,12H2,1H3,(H,14,15)(H2,13,16,17). The maximum absolute atomic E-state index is 11.8. The van der Waals surface area contributed by atoms with E-state index in [4.69, 9.17) is 15.6 Å². The molecule has 0 aromatic heterocycles. The minimum Gasteiger partial charge on any atom is -0.497 e. The van der Waals surface area contributed by atoms with Gasteiger partial charge < -0.3 is 15.8 Å². The van der Waals surface area contributed by atoms with Crippen LogP contribution in [0.5, 0.6) is 5.75 Å². The fourth-order valence-electron chi connectivity index (χ4n) is 1.45. The molecule has 0 fully saturated rings. The molecule has 0 radical (unpaired) electrons. The van der Waals surface area contributed by atoms with Crippen molar-refractivity contribution >= 4 is 21.6 Å². The largest absolute Gasteiger partial charge is 0.497 e. The van der Waals surface area contributed by atoms with Gasteiger partial charge in [0.05, 0.1) is 12.9 Å². The van der Waals surface area contributed by atoms with Crippen LogP contribution in [-0.2, 0) is 10.0 Å². The van der Waals surface area contributed by atoms with Gasteiger partial charge in [-0.1, -0.05) is 0 Å². The van der Waals surface area contributed by atoms with Gasteiger partial charge in [0.15, 0.2) is 0 Å². The lowest BCUT2D eigenvalue weighted by Crippen LogP contribution is -2.27. The SMILES string of the molecule is COc1cc(N)cc(C(=O)NCCCS(N)(=O)=O)c1. The van der Waals surface area contributed by atoms with Crippen LogP contribution in [-0.4, -0.2) is 33.7 Å². The molecule has 106 valence electrons. The van der Waals surface area contributed by atoms with Gasteiger partial charge in [0.25, 0.3) is 5.91 Å². The van der Waals surface area contributed by atoms with Crippen molar-refractivity contribution in [2.24, 2.45) is 5.14 Å². The third-order valence-corrected chi connectivity index (χ3v) is 3.18. The molecule has 1 amide bonds. The van der Waals surface area contributed by atoms with Gasteiger partial charge in [0.2, 0.25) is 10.0 Å². The first-order chi connectivity index (χ1) is 8.81. The molecule has 5 N–H and O–H groups in total. The maximum Gasteiger partial charge on any atom is 0.251 e. The van der Waals surface area contributed by atoms with Gasteiger partial charge in [-0.2, -0.15) is 0 Å². The van der Waals surface area contributed by atoms with E-state index in [0.717, 1.165) is 0 Å². The van der Waals surface area contributed by atoms with Crippen molar-refractivity contribution in [2.75, 3.05) is 25.1 Å². The molecule has 0 atom stereocenters. The zero-order valence-corrected chi connectivity index (χ0v) is 11.4. The molecular weight excluding hydrogens is 270 g/mol. The Morgan fingerprint density at radius 1 is 1.37 bits per heavy atom. The summed E-state index contributed by atoms with van der Waals surface area (Å²) >= 11 is 0. The van der Waals surface area contributed by atoms with Crippen LogP contribution in [0.3, 0.4) is 0 Å². The molecule has 0 bridgehead atoms. The molecule has 19 heavy (non-hydrogen) atoms. The molecule has 0 aliphatic carbocycles. The molecule has 1 aromatic carbocycles. The van der Waals surface area contributed by atoms with Crippen LogP contribution in [0.1, 0.15) is 16.8 Å². The lowest BCUT2D eigenvalue weighted by atomic mass is 10.1. The van der Waals surface area contributed by atoms with Crippen LogP contribution >= 0.6 is 0 Å². The zero-order valence-electron chi connectivity index (χ0n) is 10.5. The van der Waals surface area contributed by atoms with E-state index in [0.29, 0.717) is 17.0 Å². The summed E-state index contributed by atoms with van der Waals surface area (Å²) in [6, 6.07) is 4.65. The Balaban J connectivity index is 2.56. The number of primary sulfonamides is 1. The van der Waals surface area contributed by atoms with Crippen LogP contribution in [0.25, 0.3) is 0 Å². The Labute approximate surface area is 112 Å². The van der Waals surface area contributed by atoms with Crippen LogP contribution < -0.4 is 20.9 Å². The van der Waals surface area contributed by atoms with Crippen LogP contribution in [0, 0.1) is 0 Å². The number of nitrogen functional groups attached to an aromatic ring is 1. The minimum atomic E-state index is -3.50. The summed E-state index contributed by atoms with van der Waals surface area (Å²) in [6.07, 6.45) is 0.254. The van der Waals surface area contributed by atoms with Crippen molar-refractivity contribution < 1.29 is 17.9 Å². The van der Waals surface area contributed by atoms with E-state index in [1.165, 1.54) is 13.2 Å². The first-order valence-electron chi connectivity index (χ1n) is 5.55. The van der Waals surface area contributed by atoms with Gasteiger partial charge >= 0.3 is 0 Å². The molecule has 0 saturated heterocycles. The van der Waals surface area contributed by atoms with Crippen molar-refractivity contribution in [3.8, 4) is 5.75 Å². The topological polar surface area (TPSA) is 125 Å². The average Bonchev–Trinajstić information content (AvgIpc) is 2.32. The van der Waals surface area contributed by atoms with Gasteiger partial charge in [-0.25, -0.2) is 13.6 Å². The lowest BCUT2D eigenvalue weighted by Gasteiger charge is -2.07. The number of sulfonamides is 1. The highest BCUT2D eigenvalue weighted by atomic mass is 32.2. The highest BCUT2D eigenvalue weighted by Gasteiger charge is 2.08. The van der Waals surface area contributed by atoms with Gasteiger partial charge in [-0.3, -0.25) is 4.79 Å². The van der Waals surface area contributed by atoms with Gasteiger partial charge in [-0.05, 0) is 18.6 Å². The zero-order chi connectivity index (χ0) is 14.5. The van der Waals surface area contributed by atoms with E-state index in [1.54, 1.807) is 12.1 Å². The Kier molecular flexibility index (Phi) is 5.13. The van der Waals surface area contributed by atoms with E-state index in [2.05, 4.69) is 5.32 Å². The number of ether oxygens (including phenoxy) is 1. The van der Waals surface area contributed by atoms with Gasteiger partial charge in [-0.15, -0.1) is 0 Å². The molecule has 7 nitrogen and oxygen atoms in total. The number of hydrogen-bond donors (Lipinski definition) is 3. The van der Waals surface area contributed by atoms with Crippen LogP contribution in [0.15, 0.2) is 18.2 Å². The third kappa shape index (κ3) is 5.58. The molecule has 0 unspecified atom stereocenters. The van der Waals surface area contributed by atoms with E-state index in [9.17, 15) is 13.2 Å². The Bertz CT molecular complexity index is 557. The summed E-state index contributed by atoms with van der Waals surface area (Å²) in [6.45, 7) is 0.215. The maximum atomic E-state index is 11.8. The molecule has 0 aliphatic rings. The number of benzene rings is 1. The van der Waals surface area contributed by atoms with Crippen molar-refractivity contribution in [3.63, 3.8) is 0 Å². The molecule has 1 aromatic rings. The average molecular weight is 287 g/mol. The van der Waals surface area contributed by atoms with E-state index in [1.807, 2.05) is 0 Å². The number of carbonyl (C=O) groups excluding carboxylic acids is 1. The highest BCUT2D eigenvalue weighted by Crippen LogP contribution is 2.18. The summed E-state index contributed by atoms with van der Waals surface area (Å²) in [5.41, 5.74) is 6.39. The highest BCUT2D eigenvalue weighted by molar-refractivity contribution is 7.89. The third-order valence-electron chi connectivity index (χ3n) is 2.32. The van der Waals surface area contributed by atoms with Crippen LogP contribution in [0.2, 0.25) is 0 Å². The predicted octanol–water partition coefficient (Wildman–Crippen LogP) is -0.314. The fraction of sp³-hybridized carbons (Fsp3) is 0.364.